The van der Waals surface area contributed by atoms with Crippen LogP contribution in [0.5, 0.6) is 11.5 Å². The average molecular weight is 1760 g/mol. The molecule has 2 heterocycles. The summed E-state index contributed by atoms with van der Waals surface area (Å²) < 4.78 is 267. The molecule has 0 aliphatic heterocycles. The minimum absolute atomic E-state index is 0. The van der Waals surface area contributed by atoms with Gasteiger partial charge in [-0.3, -0.25) is 9.11 Å². The Morgan fingerprint density at radius 3 is 0.936 bits per heavy atom. The molecule has 109 heavy (non-hydrogen) atoms. The summed E-state index contributed by atoms with van der Waals surface area (Å²) in [6.07, 6.45) is 0. The normalized spacial score (nSPS) is 12.2. The van der Waals surface area contributed by atoms with Crippen LogP contribution in [0.25, 0.3) is 21.5 Å². The van der Waals surface area contributed by atoms with Crippen molar-refractivity contribution in [2.24, 2.45) is 20.5 Å². The van der Waals surface area contributed by atoms with E-state index < -0.39 is 200 Å². The molecule has 540 valence electrons. The molecule has 0 fully saturated rings. The summed E-state index contributed by atoms with van der Waals surface area (Å²) >= 11 is 13.1. The molecule has 0 unspecified atom stereocenters. The van der Waals surface area contributed by atoms with Gasteiger partial charge in [-0.05, 0) is 178 Å². The summed E-state index contributed by atoms with van der Waals surface area (Å²) in [5, 5.41) is 50.6. The fraction of sp³-hybridized carbons (Fsp3) is 0.0741. The zero-order chi connectivity index (χ0) is 75.2. The maximum atomic E-state index is 14.3. The minimum atomic E-state index is -5.42. The van der Waals surface area contributed by atoms with E-state index in [2.05, 4.69) is 71.6 Å². The van der Waals surface area contributed by atoms with E-state index in [-0.39, 0.29) is 233 Å². The summed E-state index contributed by atoms with van der Waals surface area (Å²) in [5.74, 6) is -5.91. The van der Waals surface area contributed by atoms with Crippen molar-refractivity contribution in [1.82, 2.24) is 29.9 Å². The standard InChI is InChI=1S/C54H42Cl2N14O24S9.6Na/c55-49-61-51(57-29-1-13-35(14-2-29)98(77,78)79)65-53(63-49)59-39-25-37(100(83,84)85)21-27-23-41(102(89,90)91)45(47(71)43(27)39)69-67-31-5-9-33(10-6-31)96(73,74)19-17-95-18-20-97(75,76)34-11-7-32(8-12-34)68-70-46-42(103(92,93)94)24-28-22-38(101(86,87)88)26-40(44(28)48(46)72)60-54-64-50(56)62-52(66-54)58-30-3-15-36(16-4-30)99(80,81)82;;;;;;/h1-16,21-26,71-72H,17-20H2,(H,77,78,79)(H,80,81,82)(H,83,84,85)(H,86,87,88)(H,89,90,91)(H,92,93,94)(H2,57,59,61,63,65)(H2,58,60,62,64,66);;;;;;/q;6*+1/p-6. The van der Waals surface area contributed by atoms with Gasteiger partial charge in [-0.2, -0.15) is 68.7 Å². The van der Waals surface area contributed by atoms with Gasteiger partial charge in [-0.15, -0.1) is 10.2 Å². The number of anilines is 8. The summed E-state index contributed by atoms with van der Waals surface area (Å²) in [6.45, 7) is 0. The minimum Gasteiger partial charge on any atom is -0.870 e. The number of nitrogens with zero attached hydrogens (tertiary/aromatic N) is 10. The van der Waals surface area contributed by atoms with Gasteiger partial charge in [0.2, 0.25) is 34.4 Å². The van der Waals surface area contributed by atoms with Crippen molar-refractivity contribution >= 4 is 206 Å². The monoisotopic (exact) mass is 1760 g/mol. The Labute approximate surface area is 766 Å². The summed E-state index contributed by atoms with van der Waals surface area (Å²) in [6, 6.07) is 20.9. The average Bonchev–Trinajstić information content (AvgIpc) is 0.751. The molecule has 6 N–H and O–H groups in total. The SMILES string of the molecule is O=S(=O)([O-])c1ccc(Nc2nc(Cl)nc(Nc3cc(S(=O)(=O)[O-])cc4cc(S(=O)(=O)O)c(N=Nc5ccc(S(=O)(=O)CCSCCS(=O)(=O)c6ccc(N=Nc7c(S(=O)(=O)O)cc8cc(S(=O)(=O)[O-])cc(Nc9nc(Cl)nc(Nc%10ccc(S(=O)(=O)[O-])cc%10)n9)c8c7[O-])cc6)cc5)c([O-])c34)n2)cc1.[Na+].[Na+].[Na+].[Na+].[Na+].[Na+]. The molecule has 0 saturated heterocycles. The Balaban J connectivity index is 0.00000418. The Bertz CT molecular complexity index is 5830. The molecule has 55 heteroatoms. The van der Waals surface area contributed by atoms with Crippen LogP contribution in [0.3, 0.4) is 0 Å². The molecular formula is C54H36Cl2N14Na6O24S9. The van der Waals surface area contributed by atoms with Crippen LogP contribution in [-0.2, 0) is 80.4 Å². The van der Waals surface area contributed by atoms with Crippen molar-refractivity contribution < 1.29 is 282 Å². The third-order valence-electron chi connectivity index (χ3n) is 13.8. The summed E-state index contributed by atoms with van der Waals surface area (Å²) in [4.78, 5) is 17.3. The van der Waals surface area contributed by atoms with Gasteiger partial charge < -0.3 is 49.7 Å². The molecule has 10 aromatic rings. The van der Waals surface area contributed by atoms with Gasteiger partial charge in [0.1, 0.15) is 50.3 Å². The largest absolute Gasteiger partial charge is 1.00 e. The molecule has 2 aromatic heterocycles. The van der Waals surface area contributed by atoms with Crippen molar-refractivity contribution in [2.45, 2.75) is 39.2 Å². The van der Waals surface area contributed by atoms with Gasteiger partial charge >= 0.3 is 177 Å². The van der Waals surface area contributed by atoms with Gasteiger partial charge in [0.15, 0.2) is 19.7 Å². The molecule has 0 amide bonds. The van der Waals surface area contributed by atoms with Crippen molar-refractivity contribution in [3.63, 3.8) is 0 Å². The number of fused-ring (bicyclic) bond motifs is 2. The molecular weight excluding hydrogens is 1730 g/mol. The van der Waals surface area contributed by atoms with Crippen molar-refractivity contribution in [3.05, 3.63) is 144 Å². The topological polar surface area (TPSA) is 627 Å². The zero-order valence-corrected chi connectivity index (χ0v) is 77.2. The third kappa shape index (κ3) is 25.3. The van der Waals surface area contributed by atoms with Crippen LogP contribution in [0.1, 0.15) is 0 Å². The molecule has 38 nitrogen and oxygen atoms in total. The zero-order valence-electron chi connectivity index (χ0n) is 56.3. The molecule has 8 aromatic carbocycles. The maximum absolute atomic E-state index is 14.3. The van der Waals surface area contributed by atoms with Crippen LogP contribution in [-0.4, -0.2) is 148 Å². The van der Waals surface area contributed by atoms with E-state index >= 15 is 0 Å². The second-order valence-corrected chi connectivity index (χ2v) is 35.1. The Hall–Kier alpha value is -3.41. The summed E-state index contributed by atoms with van der Waals surface area (Å²) in [7, 11) is -39.5. The molecule has 0 radical (unpaired) electrons. The number of hydrogen-bond donors (Lipinski definition) is 6. The fourth-order valence-electron chi connectivity index (χ4n) is 9.12. The number of aromatic nitrogens is 6. The van der Waals surface area contributed by atoms with E-state index in [1.807, 2.05) is 0 Å². The van der Waals surface area contributed by atoms with Crippen LogP contribution >= 0.6 is 35.0 Å². The number of thioether (sulfide) groups is 1. The predicted octanol–water partition coefficient (Wildman–Crippen LogP) is -11.3. The molecule has 10 rings (SSSR count). The van der Waals surface area contributed by atoms with Crippen molar-refractivity contribution in [3.8, 4) is 11.5 Å². The first kappa shape index (κ1) is 98.0. The van der Waals surface area contributed by atoms with Crippen LogP contribution in [0, 0.1) is 0 Å². The van der Waals surface area contributed by atoms with Gasteiger partial charge in [-0.1, -0.05) is 11.5 Å². The molecule has 0 aliphatic rings. The molecule has 0 aliphatic carbocycles. The Morgan fingerprint density at radius 1 is 0.367 bits per heavy atom. The van der Waals surface area contributed by atoms with Crippen LogP contribution in [0.15, 0.2) is 193 Å². The number of sulfone groups is 2. The summed E-state index contributed by atoms with van der Waals surface area (Å²) in [5.41, 5.74) is -3.49. The quantitative estimate of drug-likeness (QED) is 0.0127. The van der Waals surface area contributed by atoms with Gasteiger partial charge in [0, 0.05) is 34.3 Å². The van der Waals surface area contributed by atoms with E-state index in [0.717, 1.165) is 109 Å². The number of nitrogens with one attached hydrogen (secondary N) is 4. The molecule has 0 atom stereocenters. The number of azo groups is 2. The number of halogens is 2. The number of benzene rings is 8. The Morgan fingerprint density at radius 2 is 0.651 bits per heavy atom. The van der Waals surface area contributed by atoms with E-state index in [1.165, 1.54) is 0 Å². The van der Waals surface area contributed by atoms with Crippen molar-refractivity contribution in [2.75, 3.05) is 44.3 Å². The van der Waals surface area contributed by atoms with Crippen LogP contribution in [0.2, 0.25) is 10.6 Å². The Kier molecular flexibility index (Phi) is 35.1. The van der Waals surface area contributed by atoms with E-state index in [0.29, 0.717) is 36.4 Å². The fourth-order valence-corrected chi connectivity index (χ4v) is 17.2. The second kappa shape index (κ2) is 39.0. The molecule has 0 saturated carbocycles. The number of rotatable bonds is 26. The van der Waals surface area contributed by atoms with Gasteiger partial charge in [0.25, 0.3) is 20.2 Å². The first-order chi connectivity index (χ1) is 47.9. The first-order valence-electron chi connectivity index (χ1n) is 27.5. The van der Waals surface area contributed by atoms with Crippen LogP contribution in [0.4, 0.5) is 69.3 Å². The van der Waals surface area contributed by atoms with Crippen LogP contribution < -0.4 is 209 Å². The van der Waals surface area contributed by atoms with E-state index in [1.54, 1.807) is 0 Å². The third-order valence-corrected chi connectivity index (χ3v) is 24.1. The smallest absolute Gasteiger partial charge is 0.870 e. The van der Waals surface area contributed by atoms with Crippen molar-refractivity contribution in [1.29, 1.82) is 0 Å². The van der Waals surface area contributed by atoms with Gasteiger partial charge in [-0.25, -0.2) is 50.5 Å². The molecule has 0 spiro atoms. The predicted molar refractivity (Wildman–Crippen MR) is 357 cm³/mol. The first-order valence-corrected chi connectivity index (χ1v) is 41.2. The molecule has 0 bridgehead atoms. The van der Waals surface area contributed by atoms with E-state index in [4.69, 9.17) is 23.2 Å². The van der Waals surface area contributed by atoms with Gasteiger partial charge in [0.05, 0.1) is 63.6 Å². The number of hydrogen-bond acceptors (Lipinski definition) is 37. The maximum Gasteiger partial charge on any atom is 1.00 e. The van der Waals surface area contributed by atoms with E-state index in [9.17, 15) is 105 Å². The second-order valence-electron chi connectivity index (χ2n) is 20.7.